The minimum atomic E-state index is -5.92. The molecular weight excluding hydrogens is 351 g/mol. The van der Waals surface area contributed by atoms with Crippen LogP contribution in [0.15, 0.2) is 58.3 Å². The van der Waals surface area contributed by atoms with Crippen LogP contribution >= 0.6 is 10.3 Å². The van der Waals surface area contributed by atoms with Crippen molar-refractivity contribution in [1.82, 2.24) is 0 Å². The van der Waals surface area contributed by atoms with Gasteiger partial charge < -0.3 is 0 Å². The Balaban J connectivity index is 2.30. The van der Waals surface area contributed by atoms with E-state index in [9.17, 15) is 26.9 Å². The van der Waals surface area contributed by atoms with Crippen molar-refractivity contribution in [2.75, 3.05) is 0 Å². The summed E-state index contributed by atoms with van der Waals surface area (Å²) in [5.74, 6) is 0. The molecule has 1 aliphatic heterocycles. The zero-order chi connectivity index (χ0) is 16.9. The molecule has 1 heterocycles. The number of rotatable bonds is 2. The topological polar surface area (TPSA) is 67.2 Å². The minimum absolute atomic E-state index is 0.150. The Kier molecular flexibility index (Phi) is 3.44. The van der Waals surface area contributed by atoms with E-state index in [2.05, 4.69) is 3.63 Å². The van der Waals surface area contributed by atoms with Gasteiger partial charge in [0.05, 0.1) is 0 Å². The zero-order valence-electron chi connectivity index (χ0n) is 11.2. The molecular formula is C14H8F3NO3S2. The van der Waals surface area contributed by atoms with Crippen molar-refractivity contribution in [3.05, 3.63) is 48.5 Å². The monoisotopic (exact) mass is 359 g/mol. The number of nitriles is 1. The molecule has 120 valence electrons. The van der Waals surface area contributed by atoms with Gasteiger partial charge in [-0.3, -0.25) is 0 Å². The van der Waals surface area contributed by atoms with Crippen LogP contribution in [0.4, 0.5) is 13.2 Å². The van der Waals surface area contributed by atoms with E-state index < -0.39 is 25.9 Å². The van der Waals surface area contributed by atoms with Gasteiger partial charge in [-0.2, -0.15) is 30.5 Å². The molecule has 2 aromatic rings. The maximum Gasteiger partial charge on any atom is 0.524 e. The third-order valence-corrected chi connectivity index (χ3v) is 7.60. The standard InChI is InChI=1S/C14H8F3NO3S2/c15-14(16,17)23(19,20)21-22(9-18)12-7-3-1-5-10(12)11-6-2-4-8-13(11)22/h1-8H. The molecule has 0 spiro atoms. The molecule has 1 aliphatic rings. The highest BCUT2D eigenvalue weighted by atomic mass is 32.3. The first kappa shape index (κ1) is 15.9. The quantitative estimate of drug-likeness (QED) is 0.597. The first-order valence-corrected chi connectivity index (χ1v) is 9.14. The Bertz CT molecular complexity index is 887. The zero-order valence-corrected chi connectivity index (χ0v) is 12.9. The fourth-order valence-electron chi connectivity index (χ4n) is 2.36. The summed E-state index contributed by atoms with van der Waals surface area (Å²) >= 11 is 0. The molecule has 0 aliphatic carbocycles. The van der Waals surface area contributed by atoms with Gasteiger partial charge in [-0.15, -0.1) is 0 Å². The maximum absolute atomic E-state index is 12.7. The van der Waals surface area contributed by atoms with Crippen LogP contribution in [-0.4, -0.2) is 13.9 Å². The maximum atomic E-state index is 12.7. The highest BCUT2D eigenvalue weighted by Gasteiger charge is 2.54. The smallest absolute Gasteiger partial charge is 0.191 e. The fourth-order valence-corrected chi connectivity index (χ4v) is 6.40. The number of alkyl halides is 3. The third-order valence-electron chi connectivity index (χ3n) is 3.29. The second-order valence-electron chi connectivity index (χ2n) is 4.61. The molecule has 3 rings (SSSR count). The number of hydrogen-bond acceptors (Lipinski definition) is 4. The third kappa shape index (κ3) is 2.22. The number of halogens is 3. The molecule has 0 aromatic heterocycles. The van der Waals surface area contributed by atoms with Crippen LogP contribution < -0.4 is 0 Å². The van der Waals surface area contributed by atoms with Gasteiger partial charge >= 0.3 is 15.6 Å². The molecule has 0 bridgehead atoms. The molecule has 0 N–H and O–H groups in total. The van der Waals surface area contributed by atoms with E-state index >= 15 is 0 Å². The van der Waals surface area contributed by atoms with E-state index in [-0.39, 0.29) is 9.79 Å². The first-order chi connectivity index (χ1) is 10.7. The molecule has 0 atom stereocenters. The highest BCUT2D eigenvalue weighted by molar-refractivity contribution is 8.37. The summed E-state index contributed by atoms with van der Waals surface area (Å²) in [5, 5.41) is 11.3. The van der Waals surface area contributed by atoms with Crippen molar-refractivity contribution in [3.8, 4) is 16.5 Å². The van der Waals surface area contributed by atoms with Crippen LogP contribution in [0.3, 0.4) is 0 Å². The average molecular weight is 359 g/mol. The van der Waals surface area contributed by atoms with E-state index in [1.165, 1.54) is 24.3 Å². The average Bonchev–Trinajstić information content (AvgIpc) is 2.78. The van der Waals surface area contributed by atoms with Crippen molar-refractivity contribution < 1.29 is 25.2 Å². The Hall–Kier alpha value is -2.02. The van der Waals surface area contributed by atoms with E-state index in [0.717, 1.165) is 0 Å². The normalized spacial score (nSPS) is 17.0. The largest absolute Gasteiger partial charge is 0.524 e. The first-order valence-electron chi connectivity index (χ1n) is 6.18. The number of fused-ring (bicyclic) bond motifs is 3. The lowest BCUT2D eigenvalue weighted by Gasteiger charge is -2.28. The highest BCUT2D eigenvalue weighted by Crippen LogP contribution is 2.72. The van der Waals surface area contributed by atoms with Crippen molar-refractivity contribution in [2.24, 2.45) is 0 Å². The van der Waals surface area contributed by atoms with Gasteiger partial charge in [0, 0.05) is 20.1 Å². The van der Waals surface area contributed by atoms with Crippen LogP contribution in [0, 0.1) is 10.7 Å². The second-order valence-corrected chi connectivity index (χ2v) is 8.70. The molecule has 2 aromatic carbocycles. The van der Waals surface area contributed by atoms with Crippen molar-refractivity contribution in [2.45, 2.75) is 15.3 Å². The van der Waals surface area contributed by atoms with Crippen LogP contribution in [0.25, 0.3) is 11.1 Å². The Morgan fingerprint density at radius 1 is 0.957 bits per heavy atom. The van der Waals surface area contributed by atoms with Crippen LogP contribution in [0.5, 0.6) is 0 Å². The summed E-state index contributed by atoms with van der Waals surface area (Å²) in [6.45, 7) is 0. The lowest BCUT2D eigenvalue weighted by molar-refractivity contribution is -0.0495. The number of hydrogen-bond donors (Lipinski definition) is 0. The number of benzene rings is 2. The van der Waals surface area contributed by atoms with Gasteiger partial charge in [-0.1, -0.05) is 36.4 Å². The summed E-state index contributed by atoms with van der Waals surface area (Å²) in [7, 11) is -9.38. The molecule has 0 amide bonds. The lowest BCUT2D eigenvalue weighted by Crippen LogP contribution is -2.26. The van der Waals surface area contributed by atoms with Gasteiger partial charge in [0.1, 0.15) is 5.40 Å². The summed E-state index contributed by atoms with van der Waals surface area (Å²) in [6.07, 6.45) is 0. The van der Waals surface area contributed by atoms with Crippen molar-refractivity contribution >= 4 is 20.4 Å². The molecule has 9 heteroatoms. The summed E-state index contributed by atoms with van der Waals surface area (Å²) < 4.78 is 65.8. The number of thiocyanates is 1. The predicted octanol–water partition coefficient (Wildman–Crippen LogP) is 4.15. The Morgan fingerprint density at radius 2 is 1.39 bits per heavy atom. The summed E-state index contributed by atoms with van der Waals surface area (Å²) in [5.41, 5.74) is -4.61. The van der Waals surface area contributed by atoms with Crippen LogP contribution in [-0.2, 0) is 13.7 Å². The minimum Gasteiger partial charge on any atom is -0.191 e. The molecule has 0 saturated carbocycles. The second kappa shape index (κ2) is 4.99. The Morgan fingerprint density at radius 3 is 1.78 bits per heavy atom. The van der Waals surface area contributed by atoms with E-state index in [1.54, 1.807) is 29.7 Å². The van der Waals surface area contributed by atoms with Crippen molar-refractivity contribution in [3.63, 3.8) is 0 Å². The number of nitrogens with zero attached hydrogens (tertiary/aromatic N) is 1. The van der Waals surface area contributed by atoms with E-state index in [1.807, 2.05) is 0 Å². The molecule has 0 unspecified atom stereocenters. The molecule has 23 heavy (non-hydrogen) atoms. The van der Waals surface area contributed by atoms with Gasteiger partial charge in [0.15, 0.2) is 0 Å². The van der Waals surface area contributed by atoms with Gasteiger partial charge in [0.25, 0.3) is 0 Å². The van der Waals surface area contributed by atoms with E-state index in [0.29, 0.717) is 11.1 Å². The SMILES string of the molecule is N#CS1(OS(=O)(=O)C(F)(F)F)c2ccccc2-c2ccccc21. The van der Waals surface area contributed by atoms with Gasteiger partial charge in [-0.25, -0.2) is 0 Å². The Labute approximate surface area is 131 Å². The van der Waals surface area contributed by atoms with Crippen molar-refractivity contribution in [1.29, 1.82) is 5.26 Å². The molecule has 0 fully saturated rings. The lowest BCUT2D eigenvalue weighted by atomic mass is 10.1. The summed E-state index contributed by atoms with van der Waals surface area (Å²) in [6, 6.07) is 12.4. The predicted molar refractivity (Wildman–Crippen MR) is 77.7 cm³/mol. The van der Waals surface area contributed by atoms with Crippen LogP contribution in [0.1, 0.15) is 0 Å². The molecule has 0 saturated heterocycles. The van der Waals surface area contributed by atoms with Gasteiger partial charge in [-0.05, 0) is 23.3 Å². The summed E-state index contributed by atoms with van der Waals surface area (Å²) in [4.78, 5) is 0.299. The molecule has 0 radical (unpaired) electrons. The fraction of sp³-hybridized carbons (Fsp3) is 0.0714. The van der Waals surface area contributed by atoms with Crippen LogP contribution in [0.2, 0.25) is 0 Å². The molecule has 4 nitrogen and oxygen atoms in total. The van der Waals surface area contributed by atoms with Gasteiger partial charge in [0.2, 0.25) is 0 Å². The van der Waals surface area contributed by atoms with E-state index in [4.69, 9.17) is 0 Å².